The molecular weight excluding hydrogens is 307 g/mol. The molecule has 0 fully saturated rings. The number of carbonyl (C=O) groups is 1. The molecule has 3 rings (SSSR count). The number of anilines is 2. The van der Waals surface area contributed by atoms with Gasteiger partial charge in [-0.1, -0.05) is 23.7 Å². The van der Waals surface area contributed by atoms with Crippen molar-refractivity contribution in [2.24, 2.45) is 7.05 Å². The number of halogens is 2. The number of fused-ring (bicyclic) bond motifs is 1. The van der Waals surface area contributed by atoms with Crippen molar-refractivity contribution in [3.05, 3.63) is 53.3 Å². The van der Waals surface area contributed by atoms with Gasteiger partial charge in [-0.25, -0.2) is 14.2 Å². The molecule has 0 aliphatic heterocycles. The van der Waals surface area contributed by atoms with Crippen molar-refractivity contribution < 1.29 is 9.18 Å². The summed E-state index contributed by atoms with van der Waals surface area (Å²) in [5.41, 5.74) is 2.08. The van der Waals surface area contributed by atoms with Gasteiger partial charge in [0.15, 0.2) is 0 Å². The molecule has 0 bridgehead atoms. The average molecular weight is 319 g/mol. The fourth-order valence-corrected chi connectivity index (χ4v) is 2.28. The smallest absolute Gasteiger partial charge is 0.313 e. The minimum Gasteiger partial charge on any atom is -0.313 e. The minimum atomic E-state index is -0.539. The number of nitrogens with one attached hydrogen (secondary N) is 2. The van der Waals surface area contributed by atoms with Crippen LogP contribution in [0.1, 0.15) is 0 Å². The molecule has 0 atom stereocenters. The molecule has 0 saturated carbocycles. The van der Waals surface area contributed by atoms with Crippen molar-refractivity contribution in [1.82, 2.24) is 9.55 Å². The van der Waals surface area contributed by atoms with Crippen molar-refractivity contribution in [3.63, 3.8) is 0 Å². The second kappa shape index (κ2) is 5.65. The van der Waals surface area contributed by atoms with Gasteiger partial charge in [0.2, 0.25) is 5.95 Å². The lowest BCUT2D eigenvalue weighted by molar-refractivity contribution is 0.262. The van der Waals surface area contributed by atoms with Crippen LogP contribution >= 0.6 is 11.6 Å². The van der Waals surface area contributed by atoms with Gasteiger partial charge in [-0.2, -0.15) is 0 Å². The van der Waals surface area contributed by atoms with Gasteiger partial charge >= 0.3 is 6.03 Å². The highest BCUT2D eigenvalue weighted by atomic mass is 35.5. The minimum absolute atomic E-state index is 0.0551. The molecule has 5 nitrogen and oxygen atoms in total. The number of aryl methyl sites for hydroxylation is 1. The number of nitrogens with zero attached hydrogens (tertiary/aromatic N) is 2. The van der Waals surface area contributed by atoms with E-state index in [-0.39, 0.29) is 5.02 Å². The zero-order chi connectivity index (χ0) is 15.7. The van der Waals surface area contributed by atoms with Crippen LogP contribution in [0.4, 0.5) is 20.8 Å². The Morgan fingerprint density at radius 2 is 2.00 bits per heavy atom. The molecule has 0 aliphatic carbocycles. The molecule has 2 amide bonds. The Labute approximate surface area is 130 Å². The monoisotopic (exact) mass is 318 g/mol. The summed E-state index contributed by atoms with van der Waals surface area (Å²) in [6.45, 7) is 0. The maximum absolute atomic E-state index is 13.1. The number of imidazole rings is 1. The van der Waals surface area contributed by atoms with Crippen LogP contribution in [0.2, 0.25) is 5.02 Å². The van der Waals surface area contributed by atoms with Crippen LogP contribution in [0.25, 0.3) is 11.0 Å². The van der Waals surface area contributed by atoms with E-state index in [1.165, 1.54) is 18.2 Å². The quantitative estimate of drug-likeness (QED) is 0.750. The zero-order valence-corrected chi connectivity index (χ0v) is 12.4. The maximum atomic E-state index is 13.1. The molecular formula is C15H12ClFN4O. The Bertz CT molecular complexity index is 862. The van der Waals surface area contributed by atoms with Crippen LogP contribution in [0.5, 0.6) is 0 Å². The molecule has 3 aromatic rings. The van der Waals surface area contributed by atoms with E-state index < -0.39 is 11.8 Å². The number of hydrogen-bond acceptors (Lipinski definition) is 2. The van der Waals surface area contributed by atoms with Crippen molar-refractivity contribution in [2.75, 3.05) is 10.6 Å². The van der Waals surface area contributed by atoms with Crippen LogP contribution in [-0.4, -0.2) is 15.6 Å². The maximum Gasteiger partial charge on any atom is 0.326 e. The molecule has 0 saturated heterocycles. The van der Waals surface area contributed by atoms with Crippen molar-refractivity contribution in [3.8, 4) is 0 Å². The van der Waals surface area contributed by atoms with E-state index in [0.717, 1.165) is 11.0 Å². The number of urea groups is 1. The van der Waals surface area contributed by atoms with Gasteiger partial charge in [0.25, 0.3) is 0 Å². The molecule has 22 heavy (non-hydrogen) atoms. The lowest BCUT2D eigenvalue weighted by Crippen LogP contribution is -2.21. The molecule has 7 heteroatoms. The van der Waals surface area contributed by atoms with Gasteiger partial charge < -0.3 is 9.88 Å². The summed E-state index contributed by atoms with van der Waals surface area (Å²) < 4.78 is 14.9. The first kappa shape index (κ1) is 14.3. The van der Waals surface area contributed by atoms with E-state index in [1.807, 2.05) is 24.3 Å². The Morgan fingerprint density at radius 1 is 1.23 bits per heavy atom. The van der Waals surface area contributed by atoms with Crippen LogP contribution in [0.3, 0.4) is 0 Å². The van der Waals surface area contributed by atoms with Crippen molar-refractivity contribution >= 4 is 40.3 Å². The van der Waals surface area contributed by atoms with Crippen LogP contribution in [0.15, 0.2) is 42.5 Å². The summed E-state index contributed by atoms with van der Waals surface area (Å²) in [5.74, 6) is -0.130. The first-order chi connectivity index (χ1) is 10.5. The Kier molecular flexibility index (Phi) is 3.68. The van der Waals surface area contributed by atoms with Gasteiger partial charge in [0, 0.05) is 12.7 Å². The van der Waals surface area contributed by atoms with Crippen molar-refractivity contribution in [1.29, 1.82) is 0 Å². The Balaban J connectivity index is 1.78. The molecule has 0 unspecified atom stereocenters. The topological polar surface area (TPSA) is 59.0 Å². The summed E-state index contributed by atoms with van der Waals surface area (Å²) >= 11 is 5.67. The molecule has 0 aliphatic rings. The van der Waals surface area contributed by atoms with Gasteiger partial charge in [0.1, 0.15) is 5.82 Å². The number of amides is 2. The number of hydrogen-bond donors (Lipinski definition) is 2. The molecule has 112 valence electrons. The molecule has 0 spiro atoms. The van der Waals surface area contributed by atoms with E-state index in [9.17, 15) is 9.18 Å². The summed E-state index contributed by atoms with van der Waals surface area (Å²) in [7, 11) is 1.81. The van der Waals surface area contributed by atoms with Gasteiger partial charge in [0.05, 0.1) is 16.1 Å². The highest BCUT2D eigenvalue weighted by Crippen LogP contribution is 2.20. The molecule has 2 aromatic carbocycles. The summed E-state index contributed by atoms with van der Waals surface area (Å²) in [6.07, 6.45) is 0. The Morgan fingerprint density at radius 3 is 2.73 bits per heavy atom. The van der Waals surface area contributed by atoms with Gasteiger partial charge in [-0.15, -0.1) is 0 Å². The Hall–Kier alpha value is -2.60. The number of carbonyl (C=O) groups excluding carboxylic acids is 1. The normalized spacial score (nSPS) is 10.7. The van der Waals surface area contributed by atoms with E-state index in [2.05, 4.69) is 15.6 Å². The second-order valence-electron chi connectivity index (χ2n) is 4.69. The summed E-state index contributed by atoms with van der Waals surface area (Å²) in [4.78, 5) is 16.3. The SMILES string of the molecule is Cn1c(NC(=O)Nc2ccc(F)c(Cl)c2)nc2ccccc21. The van der Waals surface area contributed by atoms with Crippen LogP contribution < -0.4 is 10.6 Å². The first-order valence-electron chi connectivity index (χ1n) is 6.49. The number of para-hydroxylation sites is 2. The average Bonchev–Trinajstić information content (AvgIpc) is 2.80. The fourth-order valence-electron chi connectivity index (χ4n) is 2.10. The molecule has 0 radical (unpaired) electrons. The third-order valence-electron chi connectivity index (χ3n) is 3.19. The number of benzene rings is 2. The first-order valence-corrected chi connectivity index (χ1v) is 6.87. The predicted molar refractivity (Wildman–Crippen MR) is 84.8 cm³/mol. The van der Waals surface area contributed by atoms with Crippen LogP contribution in [0, 0.1) is 5.82 Å². The highest BCUT2D eigenvalue weighted by Gasteiger charge is 2.11. The van der Waals surface area contributed by atoms with E-state index >= 15 is 0 Å². The van der Waals surface area contributed by atoms with Crippen LogP contribution in [-0.2, 0) is 7.05 Å². The molecule has 1 heterocycles. The number of rotatable bonds is 2. The van der Waals surface area contributed by atoms with E-state index in [1.54, 1.807) is 11.6 Å². The highest BCUT2D eigenvalue weighted by molar-refractivity contribution is 6.31. The van der Waals surface area contributed by atoms with Gasteiger partial charge in [-0.3, -0.25) is 5.32 Å². The number of aromatic nitrogens is 2. The lowest BCUT2D eigenvalue weighted by atomic mass is 10.3. The summed E-state index contributed by atoms with van der Waals surface area (Å²) in [6, 6.07) is 11.0. The predicted octanol–water partition coefficient (Wildman–Crippen LogP) is 4.01. The standard InChI is InChI=1S/C15H12ClFN4O/c1-21-13-5-3-2-4-12(13)19-14(21)20-15(22)18-9-6-7-11(17)10(16)8-9/h2-8H,1H3,(H2,18,19,20,22). The zero-order valence-electron chi connectivity index (χ0n) is 11.6. The van der Waals surface area contributed by atoms with Crippen molar-refractivity contribution in [2.45, 2.75) is 0 Å². The third-order valence-corrected chi connectivity index (χ3v) is 3.48. The third kappa shape index (κ3) is 2.73. The molecule has 1 aromatic heterocycles. The van der Waals surface area contributed by atoms with Gasteiger partial charge in [-0.05, 0) is 30.3 Å². The lowest BCUT2D eigenvalue weighted by Gasteiger charge is -2.08. The fraction of sp³-hybridized carbons (Fsp3) is 0.0667. The largest absolute Gasteiger partial charge is 0.326 e. The second-order valence-corrected chi connectivity index (χ2v) is 5.10. The van der Waals surface area contributed by atoms with E-state index in [4.69, 9.17) is 11.6 Å². The summed E-state index contributed by atoms with van der Waals surface area (Å²) in [5, 5.41) is 5.17. The van der Waals surface area contributed by atoms with E-state index in [0.29, 0.717) is 11.6 Å². The molecule has 2 N–H and O–H groups in total.